The molecule has 0 N–H and O–H groups in total. The van der Waals surface area contributed by atoms with Crippen molar-refractivity contribution in [2.75, 3.05) is 0 Å². The minimum atomic E-state index is -1.31. The maximum atomic E-state index is 15.4. The van der Waals surface area contributed by atoms with Crippen molar-refractivity contribution in [2.24, 2.45) is 34.5 Å². The molecule has 0 radical (unpaired) electrons. The van der Waals surface area contributed by atoms with Crippen LogP contribution in [0, 0.1) is 34.5 Å². The lowest BCUT2D eigenvalue weighted by Gasteiger charge is -2.60. The molecule has 4 heteroatoms. The molecule has 4 rings (SSSR count). The SMILES string of the molecule is C=C1C(=O)C(=S)C2CC[C@@H]3[C@H](CC[C@]4(C)C(=O)CC[C@@H]34)[C@@]2(C)[C@@H]1F. The molecule has 0 aromatic heterocycles. The van der Waals surface area contributed by atoms with Crippen LogP contribution in [0.25, 0.3) is 0 Å². The van der Waals surface area contributed by atoms with Crippen LogP contribution in [0.3, 0.4) is 0 Å². The van der Waals surface area contributed by atoms with E-state index in [2.05, 4.69) is 13.5 Å². The van der Waals surface area contributed by atoms with Crippen LogP contribution in [0.2, 0.25) is 0 Å². The first-order valence-electron chi connectivity index (χ1n) is 9.17. The number of ketones is 2. The second-order valence-corrected chi connectivity index (χ2v) is 9.31. The molecule has 0 spiro atoms. The molecule has 4 aliphatic carbocycles. The normalized spacial score (nSPS) is 51.2. The van der Waals surface area contributed by atoms with Crippen LogP contribution in [0.5, 0.6) is 0 Å². The van der Waals surface area contributed by atoms with Gasteiger partial charge in [-0.1, -0.05) is 32.6 Å². The highest BCUT2D eigenvalue weighted by atomic mass is 32.1. The van der Waals surface area contributed by atoms with Crippen molar-refractivity contribution < 1.29 is 14.0 Å². The highest BCUT2D eigenvalue weighted by Gasteiger charge is 2.64. The van der Waals surface area contributed by atoms with Gasteiger partial charge in [-0.05, 0) is 49.9 Å². The zero-order chi connectivity index (χ0) is 17.4. The molecule has 4 fully saturated rings. The summed E-state index contributed by atoms with van der Waals surface area (Å²) in [5.41, 5.74) is -0.786. The van der Waals surface area contributed by atoms with Crippen molar-refractivity contribution >= 4 is 28.6 Å². The predicted molar refractivity (Wildman–Crippen MR) is 94.5 cm³/mol. The van der Waals surface area contributed by atoms with E-state index < -0.39 is 11.6 Å². The highest BCUT2D eigenvalue weighted by molar-refractivity contribution is 7.82. The number of hydrogen-bond donors (Lipinski definition) is 0. The zero-order valence-electron chi connectivity index (χ0n) is 14.4. The van der Waals surface area contributed by atoms with Crippen LogP contribution in [-0.2, 0) is 9.59 Å². The smallest absolute Gasteiger partial charge is 0.198 e. The molecule has 0 aliphatic heterocycles. The number of halogens is 1. The van der Waals surface area contributed by atoms with Crippen LogP contribution in [0.15, 0.2) is 12.2 Å². The summed E-state index contributed by atoms with van der Waals surface area (Å²) in [6.45, 7) is 7.84. The summed E-state index contributed by atoms with van der Waals surface area (Å²) in [5, 5.41) is 0. The van der Waals surface area contributed by atoms with Crippen molar-refractivity contribution in [3.8, 4) is 0 Å². The Balaban J connectivity index is 1.75. The second kappa shape index (κ2) is 5.06. The van der Waals surface area contributed by atoms with Gasteiger partial charge in [0.05, 0.1) is 4.86 Å². The number of alkyl halides is 1. The Morgan fingerprint density at radius 3 is 2.54 bits per heavy atom. The quantitative estimate of drug-likeness (QED) is 0.484. The largest absolute Gasteiger partial charge is 0.299 e. The third-order valence-corrected chi connectivity index (χ3v) is 8.64. The molecule has 0 heterocycles. The fourth-order valence-corrected chi connectivity index (χ4v) is 7.25. The van der Waals surface area contributed by atoms with E-state index in [-0.39, 0.29) is 28.6 Å². The summed E-state index contributed by atoms with van der Waals surface area (Å²) in [4.78, 5) is 25.1. The Labute approximate surface area is 148 Å². The molecule has 0 aromatic carbocycles. The van der Waals surface area contributed by atoms with E-state index in [4.69, 9.17) is 12.2 Å². The van der Waals surface area contributed by atoms with Gasteiger partial charge in [0, 0.05) is 28.7 Å². The van der Waals surface area contributed by atoms with Gasteiger partial charge in [0.15, 0.2) is 5.78 Å². The number of rotatable bonds is 0. The molecule has 24 heavy (non-hydrogen) atoms. The number of allylic oxidation sites excluding steroid dienone is 1. The highest BCUT2D eigenvalue weighted by Crippen LogP contribution is 2.65. The molecular weight excluding hydrogens is 323 g/mol. The van der Waals surface area contributed by atoms with Crippen molar-refractivity contribution in [1.29, 1.82) is 0 Å². The molecule has 7 atom stereocenters. The number of carbonyl (C=O) groups is 2. The third kappa shape index (κ3) is 1.79. The van der Waals surface area contributed by atoms with Gasteiger partial charge in [0.25, 0.3) is 0 Å². The average Bonchev–Trinajstić information content (AvgIpc) is 2.87. The molecule has 1 unspecified atom stereocenters. The minimum Gasteiger partial charge on any atom is -0.299 e. The number of fused-ring (bicyclic) bond motifs is 5. The van der Waals surface area contributed by atoms with Crippen LogP contribution < -0.4 is 0 Å². The molecule has 0 aromatic rings. The summed E-state index contributed by atoms with van der Waals surface area (Å²) in [6, 6.07) is 0. The Hall–Kier alpha value is -0.900. The maximum absolute atomic E-state index is 15.4. The van der Waals surface area contributed by atoms with Gasteiger partial charge in [-0.3, -0.25) is 9.59 Å². The molecule has 0 amide bonds. The maximum Gasteiger partial charge on any atom is 0.198 e. The van der Waals surface area contributed by atoms with Gasteiger partial charge in [0.1, 0.15) is 12.0 Å². The lowest BCUT2D eigenvalue weighted by atomic mass is 9.44. The fourth-order valence-electron chi connectivity index (χ4n) is 6.75. The topological polar surface area (TPSA) is 34.1 Å². The Morgan fingerprint density at radius 2 is 1.83 bits per heavy atom. The lowest BCUT2D eigenvalue weighted by molar-refractivity contribution is -0.139. The van der Waals surface area contributed by atoms with Gasteiger partial charge in [-0.25, -0.2) is 4.39 Å². The number of thiocarbonyl (C=S) groups is 1. The van der Waals surface area contributed by atoms with Gasteiger partial charge >= 0.3 is 0 Å². The van der Waals surface area contributed by atoms with Crippen LogP contribution >= 0.6 is 12.2 Å². The Bertz CT molecular complexity index is 671. The van der Waals surface area contributed by atoms with Gasteiger partial charge in [-0.2, -0.15) is 0 Å². The summed E-state index contributed by atoms with van der Waals surface area (Å²) in [6.07, 6.45) is 3.75. The lowest BCUT2D eigenvalue weighted by Crippen LogP contribution is -2.60. The van der Waals surface area contributed by atoms with E-state index in [0.717, 1.165) is 32.1 Å². The third-order valence-electron chi connectivity index (χ3n) is 8.17. The first-order chi connectivity index (χ1) is 11.2. The second-order valence-electron chi connectivity index (χ2n) is 8.87. The molecule has 4 aliphatic rings. The standard InChI is InChI=1S/C20H25FO2S/c1-10-16(23)17(24)14-5-4-11-12-6-7-15(22)19(12,2)9-8-13(11)20(14,3)18(10)21/h11-14,18H,1,4-9H2,2-3H3/t11-,12-,13-,14?,18+,19-,20+/m0/s1. The van der Waals surface area contributed by atoms with E-state index in [1.54, 1.807) is 0 Å². The van der Waals surface area contributed by atoms with E-state index in [1.165, 1.54) is 0 Å². The fraction of sp³-hybridized carbons (Fsp3) is 0.750. The zero-order valence-corrected chi connectivity index (χ0v) is 15.3. The monoisotopic (exact) mass is 348 g/mol. The molecule has 2 nitrogen and oxygen atoms in total. The van der Waals surface area contributed by atoms with Crippen molar-refractivity contribution in [1.82, 2.24) is 0 Å². The van der Waals surface area contributed by atoms with Gasteiger partial charge in [-0.15, -0.1) is 0 Å². The van der Waals surface area contributed by atoms with Crippen molar-refractivity contribution in [2.45, 2.75) is 58.5 Å². The number of carbonyl (C=O) groups excluding carboxylic acids is 2. The first-order valence-corrected chi connectivity index (χ1v) is 9.58. The first kappa shape index (κ1) is 16.6. The number of hydrogen-bond acceptors (Lipinski definition) is 3. The van der Waals surface area contributed by atoms with Gasteiger partial charge in [0.2, 0.25) is 0 Å². The molecule has 0 bridgehead atoms. The summed E-state index contributed by atoms with van der Waals surface area (Å²) in [5.74, 6) is 0.844. The summed E-state index contributed by atoms with van der Waals surface area (Å²) >= 11 is 5.42. The van der Waals surface area contributed by atoms with Crippen molar-refractivity contribution in [3.05, 3.63) is 12.2 Å². The van der Waals surface area contributed by atoms with E-state index in [1.807, 2.05) is 6.92 Å². The van der Waals surface area contributed by atoms with Crippen LogP contribution in [0.4, 0.5) is 4.39 Å². The minimum absolute atomic E-state index is 0.0511. The average molecular weight is 348 g/mol. The summed E-state index contributed by atoms with van der Waals surface area (Å²) < 4.78 is 15.4. The van der Waals surface area contributed by atoms with E-state index >= 15 is 4.39 Å². The number of Topliss-reactive ketones (excluding diaryl/α,β-unsaturated/α-hetero) is 2. The Kier molecular flexibility index (Phi) is 3.49. The molecule has 4 saturated carbocycles. The van der Waals surface area contributed by atoms with Crippen LogP contribution in [0.1, 0.15) is 52.4 Å². The molecule has 0 saturated heterocycles. The molecular formula is C20H25FO2S. The van der Waals surface area contributed by atoms with Gasteiger partial charge < -0.3 is 0 Å². The summed E-state index contributed by atoms with van der Waals surface area (Å²) in [7, 11) is 0. The predicted octanol–water partition coefficient (Wildman–Crippen LogP) is 4.26. The Morgan fingerprint density at radius 1 is 1.12 bits per heavy atom. The molecule has 130 valence electrons. The van der Waals surface area contributed by atoms with Crippen molar-refractivity contribution in [3.63, 3.8) is 0 Å². The van der Waals surface area contributed by atoms with Crippen LogP contribution in [-0.4, -0.2) is 22.6 Å². The van der Waals surface area contributed by atoms with E-state index in [9.17, 15) is 9.59 Å². The van der Waals surface area contributed by atoms with E-state index in [0.29, 0.717) is 28.9 Å².